The van der Waals surface area contributed by atoms with Gasteiger partial charge in [-0.25, -0.2) is 0 Å². The van der Waals surface area contributed by atoms with E-state index < -0.39 is 0 Å². The molecule has 0 saturated heterocycles. The first-order valence-corrected chi connectivity index (χ1v) is 13.7. The number of hydrogen-bond acceptors (Lipinski definition) is 4. The van der Waals surface area contributed by atoms with Crippen LogP contribution in [-0.4, -0.2) is 35.0 Å². The molecule has 4 nitrogen and oxygen atoms in total. The molecule has 4 heteroatoms. The summed E-state index contributed by atoms with van der Waals surface area (Å²) in [5.74, 6) is 3.44. The summed E-state index contributed by atoms with van der Waals surface area (Å²) in [7, 11) is 0. The van der Waals surface area contributed by atoms with E-state index in [2.05, 4.69) is 27.7 Å². The van der Waals surface area contributed by atoms with Crippen LogP contribution >= 0.6 is 0 Å². The smallest absolute Gasteiger partial charge is 0.305 e. The van der Waals surface area contributed by atoms with Crippen molar-refractivity contribution in [1.82, 2.24) is 0 Å². The number of esters is 1. The van der Waals surface area contributed by atoms with Crippen molar-refractivity contribution in [3.63, 3.8) is 0 Å². The van der Waals surface area contributed by atoms with Gasteiger partial charge in [-0.3, -0.25) is 4.79 Å². The van der Waals surface area contributed by atoms with Gasteiger partial charge in [0.25, 0.3) is 0 Å². The van der Waals surface area contributed by atoms with Crippen LogP contribution in [0.1, 0.15) is 98.8 Å². The largest absolute Gasteiger partial charge is 0.466 e. The monoisotopic (exact) mass is 448 g/mol. The van der Waals surface area contributed by atoms with E-state index in [0.29, 0.717) is 54.5 Å². The quantitative estimate of drug-likeness (QED) is 0.520. The molecule has 0 bridgehead atoms. The Labute approximate surface area is 195 Å². The predicted octanol–water partition coefficient (Wildman–Crippen LogP) is 5.59. The van der Waals surface area contributed by atoms with Crippen molar-refractivity contribution < 1.29 is 19.7 Å². The number of aliphatic hydroxyl groups excluding tert-OH is 2. The molecule has 0 aromatic rings. The standard InChI is InChI=1S/C28H48O4/c1-6-19-23-16-18(29)12-14-28(23,5)22-13-15-27(4)20(9-10-21(27)25(22)26(19)31)17(3)8-11-24(30)32-7-2/h17-23,25-26,29,31H,6-16H2,1-5H3/t17-,18-,19-,20?,21?,22?,23?,25?,26?,27-,28-/m1/s1. The Balaban J connectivity index is 1.55. The van der Waals surface area contributed by atoms with Crippen LogP contribution in [0.2, 0.25) is 0 Å². The van der Waals surface area contributed by atoms with Gasteiger partial charge < -0.3 is 14.9 Å². The average Bonchev–Trinajstić information content (AvgIpc) is 3.11. The summed E-state index contributed by atoms with van der Waals surface area (Å²) in [6.45, 7) is 11.9. The van der Waals surface area contributed by atoms with E-state index in [4.69, 9.17) is 4.74 Å². The first-order valence-electron chi connectivity index (χ1n) is 13.7. The fourth-order valence-electron chi connectivity index (χ4n) is 9.71. The van der Waals surface area contributed by atoms with Crippen LogP contribution in [0.25, 0.3) is 0 Å². The van der Waals surface area contributed by atoms with Crippen LogP contribution in [-0.2, 0) is 9.53 Å². The SMILES string of the molecule is CCOC(=O)CC[C@@H](C)C1CCC2C3C(O)[C@H](CC)C4C[C@H](O)CC[C@]4(C)C3CC[C@@]21C. The van der Waals surface area contributed by atoms with Gasteiger partial charge in [-0.15, -0.1) is 0 Å². The van der Waals surface area contributed by atoms with E-state index in [9.17, 15) is 15.0 Å². The summed E-state index contributed by atoms with van der Waals surface area (Å²) >= 11 is 0. The summed E-state index contributed by atoms with van der Waals surface area (Å²) in [5, 5.41) is 22.2. The van der Waals surface area contributed by atoms with Gasteiger partial charge in [-0.2, -0.15) is 0 Å². The Morgan fingerprint density at radius 3 is 2.38 bits per heavy atom. The Morgan fingerprint density at radius 2 is 1.69 bits per heavy atom. The highest BCUT2D eigenvalue weighted by molar-refractivity contribution is 5.69. The van der Waals surface area contributed by atoms with Gasteiger partial charge in [-0.1, -0.05) is 34.1 Å². The molecule has 4 aliphatic rings. The highest BCUT2D eigenvalue weighted by Gasteiger charge is 2.64. The van der Waals surface area contributed by atoms with Crippen LogP contribution < -0.4 is 0 Å². The predicted molar refractivity (Wildman–Crippen MR) is 127 cm³/mol. The number of aliphatic hydroxyl groups is 2. The number of hydrogen-bond donors (Lipinski definition) is 2. The first kappa shape index (κ1) is 24.5. The van der Waals surface area contributed by atoms with Crippen LogP contribution in [0.4, 0.5) is 0 Å². The molecule has 4 fully saturated rings. The molecule has 32 heavy (non-hydrogen) atoms. The zero-order valence-corrected chi connectivity index (χ0v) is 21.2. The molecule has 0 radical (unpaired) electrons. The van der Waals surface area contributed by atoms with E-state index in [0.717, 1.165) is 32.1 Å². The summed E-state index contributed by atoms with van der Waals surface area (Å²) in [5.41, 5.74) is 0.532. The Kier molecular flexibility index (Phi) is 7.05. The Hall–Kier alpha value is -0.610. The lowest BCUT2D eigenvalue weighted by Crippen LogP contribution is -2.62. The molecule has 4 aliphatic carbocycles. The van der Waals surface area contributed by atoms with Gasteiger partial charge in [0, 0.05) is 6.42 Å². The van der Waals surface area contributed by atoms with Gasteiger partial charge in [0.05, 0.1) is 18.8 Å². The third-order valence-electron chi connectivity index (χ3n) is 11.3. The van der Waals surface area contributed by atoms with Crippen molar-refractivity contribution in [3.05, 3.63) is 0 Å². The van der Waals surface area contributed by atoms with Crippen molar-refractivity contribution in [1.29, 1.82) is 0 Å². The zero-order valence-electron chi connectivity index (χ0n) is 21.2. The lowest BCUT2D eigenvalue weighted by Gasteiger charge is -2.64. The number of carbonyl (C=O) groups is 1. The van der Waals surface area contributed by atoms with Crippen LogP contribution in [0, 0.1) is 52.3 Å². The van der Waals surface area contributed by atoms with Gasteiger partial charge in [-0.05, 0) is 111 Å². The molecular formula is C28H48O4. The Bertz CT molecular complexity index is 678. The molecule has 4 saturated carbocycles. The normalized spacial score (nSPS) is 49.0. The maximum Gasteiger partial charge on any atom is 0.305 e. The molecule has 0 aromatic heterocycles. The summed E-state index contributed by atoms with van der Waals surface area (Å²) in [6, 6.07) is 0. The molecule has 0 heterocycles. The summed E-state index contributed by atoms with van der Waals surface area (Å²) in [6.07, 6.45) is 9.90. The van der Waals surface area contributed by atoms with Gasteiger partial charge in [0.2, 0.25) is 0 Å². The molecule has 0 aliphatic heterocycles. The highest BCUT2D eigenvalue weighted by Crippen LogP contribution is 2.69. The van der Waals surface area contributed by atoms with E-state index in [-0.39, 0.29) is 29.0 Å². The molecule has 11 atom stereocenters. The van der Waals surface area contributed by atoms with E-state index in [1.165, 1.54) is 25.7 Å². The fraction of sp³-hybridized carbons (Fsp3) is 0.964. The van der Waals surface area contributed by atoms with E-state index >= 15 is 0 Å². The van der Waals surface area contributed by atoms with Crippen molar-refractivity contribution in [2.75, 3.05) is 6.61 Å². The summed E-state index contributed by atoms with van der Waals surface area (Å²) < 4.78 is 5.17. The molecule has 0 spiro atoms. The van der Waals surface area contributed by atoms with Gasteiger partial charge >= 0.3 is 5.97 Å². The molecular weight excluding hydrogens is 400 g/mol. The number of ether oxygens (including phenoxy) is 1. The second kappa shape index (κ2) is 9.21. The van der Waals surface area contributed by atoms with E-state index in [1.807, 2.05) is 6.92 Å². The maximum atomic E-state index is 11.9. The van der Waals surface area contributed by atoms with Crippen LogP contribution in [0.15, 0.2) is 0 Å². The van der Waals surface area contributed by atoms with Crippen molar-refractivity contribution in [2.24, 2.45) is 52.3 Å². The lowest BCUT2D eigenvalue weighted by molar-refractivity contribution is -0.203. The van der Waals surface area contributed by atoms with E-state index in [1.54, 1.807) is 0 Å². The van der Waals surface area contributed by atoms with Crippen molar-refractivity contribution >= 4 is 5.97 Å². The highest BCUT2D eigenvalue weighted by atomic mass is 16.5. The zero-order chi connectivity index (χ0) is 23.3. The number of carbonyl (C=O) groups excluding carboxylic acids is 1. The topological polar surface area (TPSA) is 66.8 Å². The average molecular weight is 449 g/mol. The minimum atomic E-state index is -0.230. The fourth-order valence-corrected chi connectivity index (χ4v) is 9.71. The first-order chi connectivity index (χ1) is 15.2. The maximum absolute atomic E-state index is 11.9. The molecule has 6 unspecified atom stereocenters. The molecule has 2 N–H and O–H groups in total. The molecule has 4 rings (SSSR count). The van der Waals surface area contributed by atoms with Crippen molar-refractivity contribution in [3.8, 4) is 0 Å². The van der Waals surface area contributed by atoms with Crippen LogP contribution in [0.3, 0.4) is 0 Å². The van der Waals surface area contributed by atoms with Crippen molar-refractivity contribution in [2.45, 2.75) is 111 Å². The third-order valence-corrected chi connectivity index (χ3v) is 11.3. The molecule has 0 aromatic carbocycles. The number of rotatable bonds is 6. The van der Waals surface area contributed by atoms with Crippen LogP contribution in [0.5, 0.6) is 0 Å². The third kappa shape index (κ3) is 3.85. The Morgan fingerprint density at radius 1 is 1.00 bits per heavy atom. The molecule has 184 valence electrons. The summed E-state index contributed by atoms with van der Waals surface area (Å²) in [4.78, 5) is 11.9. The minimum Gasteiger partial charge on any atom is -0.466 e. The minimum absolute atomic E-state index is 0.0605. The lowest BCUT2D eigenvalue weighted by atomic mass is 9.41. The second-order valence-electron chi connectivity index (χ2n) is 12.4. The number of fused-ring (bicyclic) bond motifs is 5. The second-order valence-corrected chi connectivity index (χ2v) is 12.4. The van der Waals surface area contributed by atoms with Gasteiger partial charge in [0.15, 0.2) is 0 Å². The van der Waals surface area contributed by atoms with Gasteiger partial charge in [0.1, 0.15) is 0 Å². The molecule has 0 amide bonds.